The Balaban J connectivity index is 2.78. The number of carbonyl (C=O) groups excluding carboxylic acids is 1. The van der Waals surface area contributed by atoms with Crippen molar-refractivity contribution in [2.75, 3.05) is 5.43 Å². The molecule has 0 saturated heterocycles. The number of nitrogen functional groups attached to an aromatic ring is 1. The molecule has 1 amide bonds. The normalized spacial score (nSPS) is 12.9. The third-order valence-corrected chi connectivity index (χ3v) is 2.43. The molecule has 0 aliphatic rings. The number of halogens is 4. The number of aromatic nitrogens is 1. The van der Waals surface area contributed by atoms with Crippen LogP contribution in [0.1, 0.15) is 23.8 Å². The summed E-state index contributed by atoms with van der Waals surface area (Å²) >= 11 is 5.75. The zero-order valence-corrected chi connectivity index (χ0v) is 10.6. The molecular weight excluding hydrogens is 285 g/mol. The number of nitrogens with one attached hydrogen (secondary N) is 2. The number of anilines is 1. The first-order chi connectivity index (χ1) is 8.73. The van der Waals surface area contributed by atoms with Crippen LogP contribution in [0, 0.1) is 0 Å². The molecule has 1 aromatic heterocycles. The molecule has 0 aliphatic carbocycles. The minimum Gasteiger partial charge on any atom is -0.348 e. The summed E-state index contributed by atoms with van der Waals surface area (Å²) in [5, 5.41) is 2.19. The van der Waals surface area contributed by atoms with Crippen molar-refractivity contribution in [2.24, 2.45) is 5.84 Å². The van der Waals surface area contributed by atoms with Crippen molar-refractivity contribution in [1.82, 2.24) is 10.3 Å². The molecule has 0 saturated carbocycles. The molecule has 0 aliphatic heterocycles. The first-order valence-electron chi connectivity index (χ1n) is 5.23. The van der Waals surface area contributed by atoms with E-state index in [1.54, 1.807) is 0 Å². The fraction of sp³-hybridized carbons (Fsp3) is 0.400. The van der Waals surface area contributed by atoms with Gasteiger partial charge in [0.25, 0.3) is 5.91 Å². The van der Waals surface area contributed by atoms with Crippen molar-refractivity contribution < 1.29 is 18.0 Å². The van der Waals surface area contributed by atoms with Gasteiger partial charge < -0.3 is 10.7 Å². The second-order valence-corrected chi connectivity index (χ2v) is 4.27. The quantitative estimate of drug-likeness (QED) is 0.587. The Labute approximate surface area is 112 Å². The highest BCUT2D eigenvalue weighted by Gasteiger charge is 2.31. The molecule has 1 rings (SSSR count). The van der Waals surface area contributed by atoms with Crippen LogP contribution in [0.4, 0.5) is 19.0 Å². The first-order valence-corrected chi connectivity index (χ1v) is 5.61. The first kappa shape index (κ1) is 15.5. The molecule has 0 bridgehead atoms. The predicted molar refractivity (Wildman–Crippen MR) is 64.7 cm³/mol. The minimum atomic E-state index is -4.36. The van der Waals surface area contributed by atoms with E-state index < -0.39 is 24.5 Å². The molecule has 4 N–H and O–H groups in total. The summed E-state index contributed by atoms with van der Waals surface area (Å²) in [6.07, 6.45) is -5.49. The highest BCUT2D eigenvalue weighted by molar-refractivity contribution is 6.33. The van der Waals surface area contributed by atoms with Crippen LogP contribution in [-0.4, -0.2) is 23.1 Å². The maximum atomic E-state index is 12.1. The van der Waals surface area contributed by atoms with Gasteiger partial charge in [0.15, 0.2) is 0 Å². The highest BCUT2D eigenvalue weighted by Crippen LogP contribution is 2.22. The molecule has 106 valence electrons. The molecular formula is C10H12ClF3N4O. The number of amides is 1. The Morgan fingerprint density at radius 1 is 1.53 bits per heavy atom. The third kappa shape index (κ3) is 4.92. The van der Waals surface area contributed by atoms with Crippen LogP contribution < -0.4 is 16.6 Å². The zero-order valence-electron chi connectivity index (χ0n) is 9.88. The van der Waals surface area contributed by atoms with Crippen molar-refractivity contribution in [2.45, 2.75) is 25.6 Å². The lowest BCUT2D eigenvalue weighted by Crippen LogP contribution is -2.36. The van der Waals surface area contributed by atoms with Crippen LogP contribution in [0.15, 0.2) is 12.1 Å². The molecule has 0 spiro atoms. The lowest BCUT2D eigenvalue weighted by atomic mass is 10.2. The van der Waals surface area contributed by atoms with Crippen LogP contribution in [0.2, 0.25) is 5.02 Å². The van der Waals surface area contributed by atoms with Gasteiger partial charge >= 0.3 is 6.18 Å². The number of nitrogens with zero attached hydrogens (tertiary/aromatic N) is 1. The summed E-state index contributed by atoms with van der Waals surface area (Å²) in [7, 11) is 0. The van der Waals surface area contributed by atoms with E-state index >= 15 is 0 Å². The summed E-state index contributed by atoms with van der Waals surface area (Å²) in [5.74, 6) is 4.50. The van der Waals surface area contributed by atoms with E-state index in [9.17, 15) is 18.0 Å². The van der Waals surface area contributed by atoms with Crippen LogP contribution in [0.5, 0.6) is 0 Å². The van der Waals surface area contributed by atoms with E-state index in [2.05, 4.69) is 15.7 Å². The van der Waals surface area contributed by atoms with E-state index in [1.807, 2.05) is 0 Å². The maximum absolute atomic E-state index is 12.1. The molecule has 0 fully saturated rings. The predicted octanol–water partition coefficient (Wildman–Crippen LogP) is 2.09. The average molecular weight is 297 g/mol. The van der Waals surface area contributed by atoms with Gasteiger partial charge in [-0.2, -0.15) is 13.2 Å². The lowest BCUT2D eigenvalue weighted by Gasteiger charge is -2.16. The van der Waals surface area contributed by atoms with Crippen LogP contribution >= 0.6 is 11.6 Å². The van der Waals surface area contributed by atoms with Gasteiger partial charge in [-0.3, -0.25) is 4.79 Å². The van der Waals surface area contributed by atoms with Gasteiger partial charge in [0.2, 0.25) is 0 Å². The van der Waals surface area contributed by atoms with Crippen molar-refractivity contribution in [3.8, 4) is 0 Å². The van der Waals surface area contributed by atoms with Gasteiger partial charge in [0.05, 0.1) is 11.4 Å². The second-order valence-electron chi connectivity index (χ2n) is 3.87. The van der Waals surface area contributed by atoms with Gasteiger partial charge in [-0.25, -0.2) is 10.8 Å². The molecule has 5 nitrogen and oxygen atoms in total. The van der Waals surface area contributed by atoms with Gasteiger partial charge in [-0.15, -0.1) is 0 Å². The fourth-order valence-corrected chi connectivity index (χ4v) is 1.56. The zero-order chi connectivity index (χ0) is 14.6. The summed E-state index contributed by atoms with van der Waals surface area (Å²) in [6.45, 7) is 1.24. The van der Waals surface area contributed by atoms with E-state index in [1.165, 1.54) is 19.1 Å². The third-order valence-electron chi connectivity index (χ3n) is 2.12. The minimum absolute atomic E-state index is 0.0238. The largest absolute Gasteiger partial charge is 0.391 e. The molecule has 1 unspecified atom stereocenters. The number of nitrogens with two attached hydrogens (primary N) is 1. The Kier molecular flexibility index (Phi) is 4.96. The SMILES string of the molecule is CC(CC(F)(F)F)NC(=O)c1nc(NN)ccc1Cl. The van der Waals surface area contributed by atoms with E-state index in [0.717, 1.165) is 0 Å². The topological polar surface area (TPSA) is 80.0 Å². The molecule has 0 aromatic carbocycles. The van der Waals surface area contributed by atoms with Crippen LogP contribution in [0.3, 0.4) is 0 Å². The van der Waals surface area contributed by atoms with E-state index in [-0.39, 0.29) is 16.5 Å². The maximum Gasteiger partial charge on any atom is 0.391 e. The second kappa shape index (κ2) is 6.07. The molecule has 0 radical (unpaired) electrons. The number of carbonyl (C=O) groups is 1. The summed E-state index contributed by atoms with van der Waals surface area (Å²) in [6, 6.07) is 1.71. The van der Waals surface area contributed by atoms with E-state index in [0.29, 0.717) is 0 Å². The highest BCUT2D eigenvalue weighted by atomic mass is 35.5. The van der Waals surface area contributed by atoms with Crippen LogP contribution in [0.25, 0.3) is 0 Å². The number of pyridine rings is 1. The Morgan fingerprint density at radius 2 is 2.16 bits per heavy atom. The number of rotatable bonds is 4. The lowest BCUT2D eigenvalue weighted by molar-refractivity contribution is -0.138. The summed E-state index contributed by atoms with van der Waals surface area (Å²) in [5.41, 5.74) is 2.02. The van der Waals surface area contributed by atoms with Crippen molar-refractivity contribution >= 4 is 23.3 Å². The molecule has 1 aromatic rings. The van der Waals surface area contributed by atoms with Crippen LogP contribution in [-0.2, 0) is 0 Å². The Hall–Kier alpha value is -1.54. The van der Waals surface area contributed by atoms with E-state index in [4.69, 9.17) is 17.4 Å². The number of hydrazine groups is 1. The summed E-state index contributed by atoms with van der Waals surface area (Å²) in [4.78, 5) is 15.5. The van der Waals surface area contributed by atoms with Gasteiger partial charge in [0.1, 0.15) is 11.5 Å². The van der Waals surface area contributed by atoms with Crippen molar-refractivity contribution in [3.63, 3.8) is 0 Å². The fourth-order valence-electron chi connectivity index (χ4n) is 1.37. The molecule has 1 atom stereocenters. The standard InChI is InChI=1S/C10H12ClF3N4O/c1-5(4-10(12,13)14)16-9(19)8-6(11)2-3-7(17-8)18-15/h2-3,5H,4,15H2,1H3,(H,16,19)(H,17,18). The van der Waals surface area contributed by atoms with Gasteiger partial charge in [0, 0.05) is 6.04 Å². The van der Waals surface area contributed by atoms with Gasteiger partial charge in [-0.05, 0) is 19.1 Å². The number of hydrogen-bond donors (Lipinski definition) is 3. The molecule has 19 heavy (non-hydrogen) atoms. The van der Waals surface area contributed by atoms with Crippen molar-refractivity contribution in [3.05, 3.63) is 22.8 Å². The Morgan fingerprint density at radius 3 is 2.68 bits per heavy atom. The smallest absolute Gasteiger partial charge is 0.348 e. The van der Waals surface area contributed by atoms with Crippen molar-refractivity contribution in [1.29, 1.82) is 0 Å². The molecule has 1 heterocycles. The summed E-state index contributed by atoms with van der Waals surface area (Å²) < 4.78 is 36.4. The average Bonchev–Trinajstić information content (AvgIpc) is 2.26. The molecule has 9 heteroatoms. The number of alkyl halides is 3. The Bertz CT molecular complexity index is 467. The monoisotopic (exact) mass is 296 g/mol. The number of hydrogen-bond acceptors (Lipinski definition) is 4. The van der Waals surface area contributed by atoms with Gasteiger partial charge in [-0.1, -0.05) is 11.6 Å².